The summed E-state index contributed by atoms with van der Waals surface area (Å²) >= 11 is 25.4. The molecule has 1 N–H and O–H groups in total. The number of hydrogen-bond donors (Lipinski definition) is 1. The number of carbonyl (C=O) groups excluding carboxylic acids is 2. The molecule has 0 aliphatic heterocycles. The van der Waals surface area contributed by atoms with Crippen LogP contribution in [0.15, 0.2) is 102 Å². The molecule has 0 bridgehead atoms. The summed E-state index contributed by atoms with van der Waals surface area (Å²) in [5.74, 6) is -1.08. The molecule has 0 aliphatic rings. The molecule has 1 atom stereocenters. The van der Waals surface area contributed by atoms with Gasteiger partial charge in [-0.3, -0.25) is 13.9 Å². The van der Waals surface area contributed by atoms with Crippen LogP contribution >= 0.6 is 46.4 Å². The topological polar surface area (TPSA) is 86.8 Å². The molecule has 4 aromatic carbocycles. The lowest BCUT2D eigenvalue weighted by Gasteiger charge is -2.35. The van der Waals surface area contributed by atoms with Gasteiger partial charge < -0.3 is 10.2 Å². The lowest BCUT2D eigenvalue weighted by Crippen LogP contribution is -2.56. The van der Waals surface area contributed by atoms with E-state index in [-0.39, 0.29) is 38.6 Å². The zero-order valence-corrected chi connectivity index (χ0v) is 29.2. The lowest BCUT2D eigenvalue weighted by atomic mass is 10.0. The first-order valence-corrected chi connectivity index (χ1v) is 17.2. The molecule has 0 saturated heterocycles. The molecule has 0 unspecified atom stereocenters. The summed E-state index contributed by atoms with van der Waals surface area (Å²) in [6.07, 6.45) is 0.146. The van der Waals surface area contributed by atoms with Crippen molar-refractivity contribution in [2.75, 3.05) is 10.8 Å². The van der Waals surface area contributed by atoms with Gasteiger partial charge >= 0.3 is 0 Å². The Morgan fingerprint density at radius 2 is 1.35 bits per heavy atom. The van der Waals surface area contributed by atoms with E-state index in [9.17, 15) is 18.0 Å². The normalized spacial score (nSPS) is 12.3. The van der Waals surface area contributed by atoms with Gasteiger partial charge in [0.05, 0.1) is 15.6 Å². The third-order valence-corrected chi connectivity index (χ3v) is 9.81. The number of halogens is 4. The first-order valence-electron chi connectivity index (χ1n) is 14.3. The standard InChI is InChI=1S/C34H33Cl4N3O4S/c1-34(2,3)39-33(43)31(18-23-10-6-4-7-11-23)40(21-24-14-15-25(35)19-28(24)37)32(42)22-41(30-17-16-26(36)20-29(30)38)46(44,45)27-12-8-5-9-13-27/h4-17,19-20,31H,18,21-22H2,1-3H3,(H,39,43)/t31-/m1/s1. The number of benzene rings is 4. The number of nitrogens with zero attached hydrogens (tertiary/aromatic N) is 2. The van der Waals surface area contributed by atoms with Gasteiger partial charge in [-0.25, -0.2) is 8.42 Å². The lowest BCUT2D eigenvalue weighted by molar-refractivity contribution is -0.140. The van der Waals surface area contributed by atoms with Crippen LogP contribution in [0.4, 0.5) is 5.69 Å². The minimum atomic E-state index is -4.32. The summed E-state index contributed by atoms with van der Waals surface area (Å²) < 4.78 is 29.1. The van der Waals surface area contributed by atoms with Gasteiger partial charge in [-0.2, -0.15) is 0 Å². The van der Waals surface area contributed by atoms with Gasteiger partial charge in [-0.05, 0) is 74.4 Å². The molecule has 4 aromatic rings. The molecule has 0 spiro atoms. The minimum absolute atomic E-state index is 0.0263. The Morgan fingerprint density at radius 3 is 1.91 bits per heavy atom. The maximum absolute atomic E-state index is 14.6. The third-order valence-electron chi connectivity index (χ3n) is 6.91. The van der Waals surface area contributed by atoms with Gasteiger partial charge in [-0.15, -0.1) is 0 Å². The predicted molar refractivity (Wildman–Crippen MR) is 186 cm³/mol. The van der Waals surface area contributed by atoms with Crippen LogP contribution in [0.3, 0.4) is 0 Å². The Labute approximate surface area is 290 Å². The molecule has 7 nitrogen and oxygen atoms in total. The van der Waals surface area contributed by atoms with Crippen molar-refractivity contribution in [2.45, 2.75) is 50.2 Å². The van der Waals surface area contributed by atoms with Crippen LogP contribution in [-0.2, 0) is 32.6 Å². The highest BCUT2D eigenvalue weighted by Gasteiger charge is 2.36. The Bertz CT molecular complexity index is 1800. The Kier molecular flexibility index (Phi) is 11.7. The molecule has 46 heavy (non-hydrogen) atoms. The summed E-state index contributed by atoms with van der Waals surface area (Å²) in [6, 6.07) is 25.1. The summed E-state index contributed by atoms with van der Waals surface area (Å²) in [4.78, 5) is 29.8. The SMILES string of the molecule is CC(C)(C)NC(=O)[C@@H](Cc1ccccc1)N(Cc1ccc(Cl)cc1Cl)C(=O)CN(c1ccc(Cl)cc1Cl)S(=O)(=O)c1ccccc1. The van der Waals surface area contributed by atoms with Crippen LogP contribution in [0.25, 0.3) is 0 Å². The fraction of sp³-hybridized carbons (Fsp3) is 0.235. The number of sulfonamides is 1. The first-order chi connectivity index (χ1) is 21.7. The maximum Gasteiger partial charge on any atom is 0.264 e. The number of hydrogen-bond acceptors (Lipinski definition) is 4. The molecule has 0 aliphatic carbocycles. The summed E-state index contributed by atoms with van der Waals surface area (Å²) in [5, 5.41) is 3.99. The number of anilines is 1. The Morgan fingerprint density at radius 1 is 0.783 bits per heavy atom. The number of nitrogens with one attached hydrogen (secondary N) is 1. The molecule has 12 heteroatoms. The molecule has 0 aromatic heterocycles. The van der Waals surface area contributed by atoms with E-state index in [2.05, 4.69) is 5.32 Å². The van der Waals surface area contributed by atoms with E-state index in [0.29, 0.717) is 10.6 Å². The minimum Gasteiger partial charge on any atom is -0.350 e. The smallest absolute Gasteiger partial charge is 0.264 e. The highest BCUT2D eigenvalue weighted by Crippen LogP contribution is 2.33. The van der Waals surface area contributed by atoms with Gasteiger partial charge in [0.15, 0.2) is 0 Å². The number of amides is 2. The van der Waals surface area contributed by atoms with E-state index in [4.69, 9.17) is 46.4 Å². The molecule has 2 amide bonds. The van der Waals surface area contributed by atoms with Crippen molar-refractivity contribution in [1.82, 2.24) is 10.2 Å². The Hall–Kier alpha value is -3.27. The molecular weight excluding hydrogens is 688 g/mol. The van der Waals surface area contributed by atoms with Crippen molar-refractivity contribution in [3.63, 3.8) is 0 Å². The van der Waals surface area contributed by atoms with E-state index in [1.807, 2.05) is 51.1 Å². The molecule has 0 saturated carbocycles. The first kappa shape index (κ1) is 35.6. The number of rotatable bonds is 11. The zero-order chi connectivity index (χ0) is 33.6. The van der Waals surface area contributed by atoms with Crippen molar-refractivity contribution < 1.29 is 18.0 Å². The fourth-order valence-corrected chi connectivity index (χ4v) is 7.24. The quantitative estimate of drug-likeness (QED) is 0.170. The molecule has 0 radical (unpaired) electrons. The number of carbonyl (C=O) groups is 2. The highest BCUT2D eigenvalue weighted by atomic mass is 35.5. The predicted octanol–water partition coefficient (Wildman–Crippen LogP) is 8.05. The second-order valence-corrected chi connectivity index (χ2v) is 15.2. The monoisotopic (exact) mass is 719 g/mol. The van der Waals surface area contributed by atoms with Gasteiger partial charge in [0, 0.05) is 33.6 Å². The summed E-state index contributed by atoms with van der Waals surface area (Å²) in [7, 11) is -4.32. The van der Waals surface area contributed by atoms with Gasteiger partial charge in [-0.1, -0.05) is 101 Å². The van der Waals surface area contributed by atoms with Crippen molar-refractivity contribution in [1.29, 1.82) is 0 Å². The van der Waals surface area contributed by atoms with E-state index in [1.165, 1.54) is 35.2 Å². The van der Waals surface area contributed by atoms with E-state index in [0.717, 1.165) is 9.87 Å². The van der Waals surface area contributed by atoms with Crippen LogP contribution in [0, 0.1) is 0 Å². The zero-order valence-electron chi connectivity index (χ0n) is 25.4. The average Bonchev–Trinajstić information content (AvgIpc) is 2.99. The second-order valence-electron chi connectivity index (χ2n) is 11.6. The van der Waals surface area contributed by atoms with Gasteiger partial charge in [0.2, 0.25) is 11.8 Å². The van der Waals surface area contributed by atoms with Crippen molar-refractivity contribution in [2.24, 2.45) is 0 Å². The van der Waals surface area contributed by atoms with Crippen molar-refractivity contribution in [3.8, 4) is 0 Å². The van der Waals surface area contributed by atoms with Crippen LogP contribution < -0.4 is 9.62 Å². The van der Waals surface area contributed by atoms with Crippen LogP contribution in [-0.4, -0.2) is 43.3 Å². The van der Waals surface area contributed by atoms with E-state index >= 15 is 0 Å². The second kappa shape index (κ2) is 15.1. The largest absolute Gasteiger partial charge is 0.350 e. The van der Waals surface area contributed by atoms with Crippen molar-refractivity contribution >= 4 is 73.9 Å². The van der Waals surface area contributed by atoms with E-state index in [1.54, 1.807) is 36.4 Å². The van der Waals surface area contributed by atoms with Crippen LogP contribution in [0.1, 0.15) is 31.9 Å². The molecule has 0 heterocycles. The molecular formula is C34H33Cl4N3O4S. The molecule has 242 valence electrons. The highest BCUT2D eigenvalue weighted by molar-refractivity contribution is 7.92. The molecule has 4 rings (SSSR count). The maximum atomic E-state index is 14.6. The van der Waals surface area contributed by atoms with Gasteiger partial charge in [0.1, 0.15) is 12.6 Å². The summed E-state index contributed by atoms with van der Waals surface area (Å²) in [6.45, 7) is 4.71. The fourth-order valence-electron chi connectivity index (χ4n) is 4.76. The van der Waals surface area contributed by atoms with E-state index < -0.39 is 40.0 Å². The van der Waals surface area contributed by atoms with Crippen LogP contribution in [0.5, 0.6) is 0 Å². The Balaban J connectivity index is 1.86. The van der Waals surface area contributed by atoms with Gasteiger partial charge in [0.25, 0.3) is 10.0 Å². The summed E-state index contributed by atoms with van der Waals surface area (Å²) in [5.41, 5.74) is 0.735. The average molecular weight is 722 g/mol. The van der Waals surface area contributed by atoms with Crippen molar-refractivity contribution in [3.05, 3.63) is 128 Å². The third kappa shape index (κ3) is 9.17. The molecule has 0 fully saturated rings. The van der Waals surface area contributed by atoms with Crippen LogP contribution in [0.2, 0.25) is 20.1 Å².